The van der Waals surface area contributed by atoms with Gasteiger partial charge in [0.25, 0.3) is 0 Å². The summed E-state index contributed by atoms with van der Waals surface area (Å²) in [6.45, 7) is -1.95. The molecule has 112 heavy (non-hydrogen) atoms. The van der Waals surface area contributed by atoms with Gasteiger partial charge in [0.15, 0.2) is 37.6 Å². The third-order valence-corrected chi connectivity index (χ3v) is 21.8. The molecule has 38 nitrogen and oxygen atoms in total. The highest BCUT2D eigenvalue weighted by atomic mass is 31.2. The maximum Gasteiger partial charge on any atom is 0.472 e. The normalized spacial score (nSPS) is 38.3. The first-order valence-electron chi connectivity index (χ1n) is 39.7. The smallest absolute Gasteiger partial charge is 0.462 e. The molecule has 6 rings (SSSR count). The largest absolute Gasteiger partial charge is 0.472 e. The Hall–Kier alpha value is -2.67. The molecule has 5 saturated heterocycles. The lowest BCUT2D eigenvalue weighted by molar-refractivity contribution is -0.365. The Morgan fingerprint density at radius 2 is 0.670 bits per heavy atom. The van der Waals surface area contributed by atoms with Crippen LogP contribution in [0.3, 0.4) is 0 Å². The minimum absolute atomic E-state index is 0.0362. The first kappa shape index (κ1) is 98.2. The number of phosphoric acid groups is 1. The Balaban J connectivity index is 1.14. The lowest BCUT2D eigenvalue weighted by Gasteiger charge is -2.49. The van der Waals surface area contributed by atoms with Gasteiger partial charge in [0.05, 0.1) is 39.6 Å². The number of unbranched alkanes of at least 4 members (excludes halogenated alkanes) is 20. The molecule has 0 spiro atoms. The highest BCUT2D eigenvalue weighted by Gasteiger charge is 2.59. The van der Waals surface area contributed by atoms with Gasteiger partial charge in [-0.1, -0.05) is 147 Å². The van der Waals surface area contributed by atoms with Crippen LogP contribution in [0.15, 0.2) is 24.3 Å². The van der Waals surface area contributed by atoms with Crippen molar-refractivity contribution in [3.63, 3.8) is 0 Å². The van der Waals surface area contributed by atoms with Crippen molar-refractivity contribution in [1.82, 2.24) is 0 Å². The molecule has 0 aromatic heterocycles. The van der Waals surface area contributed by atoms with Crippen LogP contribution in [0.25, 0.3) is 0 Å². The van der Waals surface area contributed by atoms with Crippen molar-refractivity contribution in [2.75, 3.05) is 46.2 Å². The first-order chi connectivity index (χ1) is 53.5. The van der Waals surface area contributed by atoms with Crippen molar-refractivity contribution in [3.05, 3.63) is 24.3 Å². The van der Waals surface area contributed by atoms with Crippen molar-refractivity contribution in [1.29, 1.82) is 0 Å². The fourth-order valence-corrected chi connectivity index (χ4v) is 14.7. The zero-order valence-corrected chi connectivity index (χ0v) is 64.8. The maximum atomic E-state index is 14.5. The van der Waals surface area contributed by atoms with Gasteiger partial charge in [-0.15, -0.1) is 0 Å². The Morgan fingerprint density at radius 3 is 1.07 bits per heavy atom. The minimum Gasteiger partial charge on any atom is -0.462 e. The highest BCUT2D eigenvalue weighted by molar-refractivity contribution is 7.47. The molecule has 0 amide bonds. The topological polar surface area (TPSA) is 605 Å². The Morgan fingerprint density at radius 1 is 0.357 bits per heavy atom. The van der Waals surface area contributed by atoms with Crippen molar-refractivity contribution >= 4 is 19.8 Å². The molecule has 0 aromatic carbocycles. The van der Waals surface area contributed by atoms with E-state index in [4.69, 9.17) is 65.9 Å². The molecule has 0 radical (unpaired) electrons. The van der Waals surface area contributed by atoms with Gasteiger partial charge in [-0.2, -0.15) is 0 Å². The summed E-state index contributed by atoms with van der Waals surface area (Å²) in [5.74, 6) is -1.49. The lowest BCUT2D eigenvalue weighted by atomic mass is 9.84. The summed E-state index contributed by atoms with van der Waals surface area (Å²) < 4.78 is 92.9. The molecule has 0 aromatic rings. The molecule has 5 heterocycles. The third-order valence-electron chi connectivity index (χ3n) is 20.8. The van der Waals surface area contributed by atoms with Crippen LogP contribution < -0.4 is 0 Å². The Bertz CT molecular complexity index is 2690. The van der Waals surface area contributed by atoms with Crippen LogP contribution in [0.2, 0.25) is 0 Å². The number of carbonyl (C=O) groups is 2. The van der Waals surface area contributed by atoms with E-state index in [9.17, 15) is 121 Å². The summed E-state index contributed by atoms with van der Waals surface area (Å²) in [5.41, 5.74) is 0. The third kappa shape index (κ3) is 30.2. The fourth-order valence-electron chi connectivity index (χ4n) is 13.8. The van der Waals surface area contributed by atoms with Gasteiger partial charge in [-0.25, -0.2) is 4.57 Å². The number of carbonyl (C=O) groups excluding carboxylic acids is 2. The van der Waals surface area contributed by atoms with Gasteiger partial charge in [-0.3, -0.25) is 18.6 Å². The molecule has 6 fully saturated rings. The van der Waals surface area contributed by atoms with E-state index in [1.165, 1.54) is 57.8 Å². The Labute approximate surface area is 652 Å². The van der Waals surface area contributed by atoms with Gasteiger partial charge in [-0.05, 0) is 44.9 Å². The van der Waals surface area contributed by atoms with E-state index in [0.29, 0.717) is 25.7 Å². The quantitative estimate of drug-likeness (QED) is 0.0126. The summed E-state index contributed by atoms with van der Waals surface area (Å²) in [6.07, 6.45) is -34.4. The number of aliphatic hydroxyl groups excluding tert-OH is 20. The van der Waals surface area contributed by atoms with E-state index in [-0.39, 0.29) is 12.8 Å². The highest BCUT2D eigenvalue weighted by Crippen LogP contribution is 2.49. The number of phosphoric ester groups is 1. The molecular formula is C73H129O38P. The van der Waals surface area contributed by atoms with Crippen LogP contribution in [0.4, 0.5) is 0 Å². The predicted octanol–water partition coefficient (Wildman–Crippen LogP) is -2.82. The molecular weight excluding hydrogens is 1520 g/mol. The second-order valence-electron chi connectivity index (χ2n) is 29.7. The van der Waals surface area contributed by atoms with Crippen LogP contribution in [-0.2, 0) is 80.0 Å². The number of aliphatic hydroxyl groups is 20. The second kappa shape index (κ2) is 51.1. The van der Waals surface area contributed by atoms with Crippen molar-refractivity contribution in [2.45, 2.75) is 377 Å². The van der Waals surface area contributed by atoms with Crippen LogP contribution in [0.5, 0.6) is 0 Å². The second-order valence-corrected chi connectivity index (χ2v) is 31.1. The standard InChI is InChI=1S/C73H129O38P/c1-3-5-7-9-11-13-15-17-18-20-21-23-25-27-29-31-46(76)98-35-40(103-47(77)32-30-28-26-24-22-19-16-14-12-10-8-6-4-2)36-102-112(96,97)111-68-66(109-72-64(94)54(84)49(79)42(34-75)105-72)59(89)58(88)60(90)67(68)110-73-65(95)57(87)52(82)45(108-73)39-101-71-63(93)56(86)51(81)44(107-71)38-100-70-62(92)55(85)50(80)43(106-70)37-99-69-61(91)53(83)48(78)41(33-74)104-69/h11,13,17-18,40-45,48-75,78-95H,3-10,12,14-16,19-39H2,1-2H3,(H,96,97)/b13-11-,18-17-/t40-,41?,42?,43?,44?,45?,48+,49-,50+,51+,52+,53?,54?,55?,56?,57?,58+,59?,60?,61+,62+,63+,64-,65+,66-,67?,68+,69-,70-,71-,72-,73+/m1/s1. The molecule has 14 unspecified atom stereocenters. The summed E-state index contributed by atoms with van der Waals surface area (Å²) in [7, 11) is -5.86. The zero-order chi connectivity index (χ0) is 82.2. The minimum atomic E-state index is -5.86. The number of hydrogen-bond donors (Lipinski definition) is 21. The molecule has 0 bridgehead atoms. The van der Waals surface area contributed by atoms with E-state index in [0.717, 1.165) is 70.6 Å². The average molecular weight is 1650 g/mol. The molecule has 654 valence electrons. The van der Waals surface area contributed by atoms with Crippen LogP contribution in [0.1, 0.15) is 181 Å². The molecule has 5 aliphatic heterocycles. The predicted molar refractivity (Wildman–Crippen MR) is 384 cm³/mol. The molecule has 21 N–H and O–H groups in total. The fraction of sp³-hybridized carbons (Fsp3) is 0.918. The van der Waals surface area contributed by atoms with E-state index in [2.05, 4.69) is 38.2 Å². The maximum absolute atomic E-state index is 14.5. The van der Waals surface area contributed by atoms with Crippen molar-refractivity contribution in [3.8, 4) is 0 Å². The van der Waals surface area contributed by atoms with Gasteiger partial charge in [0, 0.05) is 12.8 Å². The van der Waals surface area contributed by atoms with Crippen LogP contribution in [0, 0.1) is 0 Å². The average Bonchev–Trinajstić information content (AvgIpc) is 0.759. The van der Waals surface area contributed by atoms with E-state index in [1.54, 1.807) is 0 Å². The summed E-state index contributed by atoms with van der Waals surface area (Å²) >= 11 is 0. The van der Waals surface area contributed by atoms with Gasteiger partial charge >= 0.3 is 19.8 Å². The molecule has 6 aliphatic rings. The first-order valence-corrected chi connectivity index (χ1v) is 41.2. The number of ether oxygens (including phenoxy) is 12. The molecule has 1 aliphatic carbocycles. The van der Waals surface area contributed by atoms with Gasteiger partial charge < -0.3 is 164 Å². The van der Waals surface area contributed by atoms with Crippen LogP contribution in [-0.4, -0.2) is 361 Å². The SMILES string of the molecule is CCCCC/C=C\C/C=C\CCCCCCCC(=O)OC[C@H](COP(=O)(O)O[C@@H]1C(O[C@@H]2OC(CO[C@@H]3OC(CO[C@@H]4OC(CO[C@@H]5OC(CO)[C@H](O)C(O)[C@@H]5O)[C@H](O)C(O)[C@@H]4O)[C@H](O)C(O)[C@@H]3O)[C@H](O)C(O)[C@@H]2O)C(O)[C@@H](O)C(O)[C@H]1O[C@H]1OC(CO)[C@@H](O)C(O)[C@H]1O)OC(=O)CCCCCCCCCCCCCCC. The zero-order valence-electron chi connectivity index (χ0n) is 63.9. The summed E-state index contributed by atoms with van der Waals surface area (Å²) in [5, 5.41) is 217. The number of esters is 2. The lowest BCUT2D eigenvalue weighted by Crippen LogP contribution is -2.69. The van der Waals surface area contributed by atoms with Gasteiger partial charge in [0.1, 0.15) is 165 Å². The molecule has 1 saturated carbocycles. The number of rotatable bonds is 51. The number of hydrogen-bond acceptors (Lipinski definition) is 37. The summed E-state index contributed by atoms with van der Waals surface area (Å²) in [4.78, 5) is 38.3. The van der Waals surface area contributed by atoms with E-state index >= 15 is 0 Å². The monoisotopic (exact) mass is 1640 g/mol. The van der Waals surface area contributed by atoms with Crippen LogP contribution >= 0.6 is 7.82 Å². The number of allylic oxidation sites excluding steroid dienone is 4. The Kier molecular flexibility index (Phi) is 44.8. The van der Waals surface area contributed by atoms with E-state index in [1.807, 2.05) is 0 Å². The summed E-state index contributed by atoms with van der Waals surface area (Å²) in [6, 6.07) is 0. The molecule has 33 atom stereocenters. The van der Waals surface area contributed by atoms with Crippen molar-refractivity contribution in [2.24, 2.45) is 0 Å². The molecule has 39 heteroatoms. The van der Waals surface area contributed by atoms with Crippen molar-refractivity contribution < 1.29 is 187 Å². The van der Waals surface area contributed by atoms with E-state index < -0.39 is 262 Å². The van der Waals surface area contributed by atoms with Gasteiger partial charge in [0.2, 0.25) is 0 Å².